The molecule has 10 heteroatoms. The maximum Gasteiger partial charge on any atom is 0.308 e. The third-order valence-corrected chi connectivity index (χ3v) is 5.40. The van der Waals surface area contributed by atoms with Gasteiger partial charge in [-0.15, -0.1) is 0 Å². The maximum absolute atomic E-state index is 12.9. The van der Waals surface area contributed by atoms with Crippen LogP contribution in [0.25, 0.3) is 0 Å². The van der Waals surface area contributed by atoms with Crippen LogP contribution in [0, 0.1) is 0 Å². The van der Waals surface area contributed by atoms with E-state index in [9.17, 15) is 14.7 Å². The van der Waals surface area contributed by atoms with Gasteiger partial charge in [0.15, 0.2) is 23.8 Å². The van der Waals surface area contributed by atoms with Crippen molar-refractivity contribution in [3.63, 3.8) is 0 Å². The predicted molar refractivity (Wildman–Crippen MR) is 138 cm³/mol. The second-order valence-corrected chi connectivity index (χ2v) is 8.37. The first-order valence-corrected chi connectivity index (χ1v) is 12.0. The third-order valence-electron chi connectivity index (χ3n) is 5.40. The van der Waals surface area contributed by atoms with E-state index in [0.29, 0.717) is 11.5 Å². The average Bonchev–Trinajstić information content (AvgIpc) is 2.91. The molecule has 10 nitrogen and oxygen atoms in total. The number of para-hydroxylation sites is 2. The monoisotopic (exact) mass is 524 g/mol. The molecule has 0 aliphatic heterocycles. The number of aliphatic hydroxyl groups excluding tert-OH is 1. The number of carbonyl (C=O) groups excluding carboxylic acids is 2. The van der Waals surface area contributed by atoms with E-state index in [4.69, 9.17) is 23.7 Å². The highest BCUT2D eigenvalue weighted by atomic mass is 16.6. The molecule has 1 heterocycles. The van der Waals surface area contributed by atoms with E-state index >= 15 is 0 Å². The number of methoxy groups -OCH3 is 1. The Labute approximate surface area is 221 Å². The average molecular weight is 525 g/mol. The highest BCUT2D eigenvalue weighted by Crippen LogP contribution is 2.29. The predicted octanol–water partition coefficient (Wildman–Crippen LogP) is 3.38. The lowest BCUT2D eigenvalue weighted by molar-refractivity contribution is -0.168. The zero-order valence-corrected chi connectivity index (χ0v) is 21.7. The summed E-state index contributed by atoms with van der Waals surface area (Å²) in [5.74, 6) is -0.00667. The second kappa shape index (κ2) is 14.0. The topological polar surface area (TPSA) is 125 Å². The van der Waals surface area contributed by atoms with Gasteiger partial charge in [0.05, 0.1) is 19.3 Å². The number of hydrogen-bond acceptors (Lipinski definition) is 9. The number of rotatable bonds is 13. The van der Waals surface area contributed by atoms with E-state index in [0.717, 1.165) is 0 Å². The van der Waals surface area contributed by atoms with Crippen molar-refractivity contribution < 1.29 is 38.4 Å². The zero-order valence-electron chi connectivity index (χ0n) is 21.7. The quantitative estimate of drug-likeness (QED) is 0.256. The molecule has 1 unspecified atom stereocenters. The molecule has 0 saturated carbocycles. The number of hydrogen-bond donors (Lipinski definition) is 2. The molecule has 0 spiro atoms. The zero-order chi connectivity index (χ0) is 27.5. The fourth-order valence-corrected chi connectivity index (χ4v) is 3.40. The highest BCUT2D eigenvalue weighted by molar-refractivity contribution is 5.96. The van der Waals surface area contributed by atoms with Gasteiger partial charge in [-0.2, -0.15) is 0 Å². The molecule has 0 radical (unpaired) electrons. The van der Waals surface area contributed by atoms with Crippen LogP contribution in [-0.4, -0.2) is 60.2 Å². The van der Waals surface area contributed by atoms with Gasteiger partial charge in [-0.25, -0.2) is 4.98 Å². The van der Waals surface area contributed by atoms with Crippen LogP contribution in [0.3, 0.4) is 0 Å². The Hall–Kier alpha value is -4.15. The second-order valence-electron chi connectivity index (χ2n) is 8.37. The van der Waals surface area contributed by atoms with Gasteiger partial charge >= 0.3 is 5.97 Å². The number of nitrogens with zero attached hydrogens (tertiary/aromatic N) is 1. The molecule has 3 rings (SSSR count). The van der Waals surface area contributed by atoms with Crippen LogP contribution < -0.4 is 24.3 Å². The van der Waals surface area contributed by atoms with Gasteiger partial charge in [-0.3, -0.25) is 9.59 Å². The normalized spacial score (nSPS) is 13.9. The molecule has 3 aromatic rings. The first-order chi connectivity index (χ1) is 18.3. The third kappa shape index (κ3) is 8.19. The van der Waals surface area contributed by atoms with Crippen LogP contribution in [0.1, 0.15) is 31.3 Å². The van der Waals surface area contributed by atoms with Crippen LogP contribution in [-0.2, 0) is 9.53 Å². The Morgan fingerprint density at radius 2 is 1.61 bits per heavy atom. The fraction of sp³-hybridized carbons (Fsp3) is 0.321. The largest absolute Gasteiger partial charge is 0.493 e. The van der Waals surface area contributed by atoms with Crippen LogP contribution in [0.15, 0.2) is 72.9 Å². The summed E-state index contributed by atoms with van der Waals surface area (Å²) in [7, 11) is 1.38. The van der Waals surface area contributed by atoms with Crippen molar-refractivity contribution in [3.8, 4) is 23.0 Å². The van der Waals surface area contributed by atoms with E-state index < -0.39 is 36.4 Å². The molecular formula is C28H32N2O8. The van der Waals surface area contributed by atoms with Gasteiger partial charge in [0, 0.05) is 19.2 Å². The summed E-state index contributed by atoms with van der Waals surface area (Å²) < 4.78 is 28.1. The van der Waals surface area contributed by atoms with Gasteiger partial charge in [0.1, 0.15) is 18.1 Å². The fourth-order valence-electron chi connectivity index (χ4n) is 3.40. The Balaban J connectivity index is 1.67. The maximum atomic E-state index is 12.9. The number of pyridine rings is 1. The number of carbonyl (C=O) groups is 2. The van der Waals surface area contributed by atoms with E-state index in [1.54, 1.807) is 13.8 Å². The molecule has 1 amide bonds. The number of aliphatic hydroxyl groups is 1. The number of esters is 1. The van der Waals surface area contributed by atoms with Crippen molar-refractivity contribution in [1.29, 1.82) is 0 Å². The van der Waals surface area contributed by atoms with Crippen LogP contribution in [0.2, 0.25) is 0 Å². The summed E-state index contributed by atoms with van der Waals surface area (Å²) in [6.45, 7) is 4.65. The summed E-state index contributed by atoms with van der Waals surface area (Å²) in [6, 6.07) is 19.0. The molecule has 2 aromatic carbocycles. The lowest BCUT2D eigenvalue weighted by atomic mass is 10.2. The van der Waals surface area contributed by atoms with E-state index in [1.165, 1.54) is 26.3 Å². The lowest BCUT2D eigenvalue weighted by Gasteiger charge is -2.29. The molecule has 0 aliphatic carbocycles. The van der Waals surface area contributed by atoms with E-state index in [-0.39, 0.29) is 23.8 Å². The Kier molecular flexibility index (Phi) is 10.4. The Morgan fingerprint density at radius 1 is 0.974 bits per heavy atom. The number of benzene rings is 2. The summed E-state index contributed by atoms with van der Waals surface area (Å²) in [5, 5.41) is 13.4. The summed E-state index contributed by atoms with van der Waals surface area (Å²) in [5.41, 5.74) is -0.173. The van der Waals surface area contributed by atoms with Crippen molar-refractivity contribution >= 4 is 11.9 Å². The summed E-state index contributed by atoms with van der Waals surface area (Å²) >= 11 is 0. The molecule has 38 heavy (non-hydrogen) atoms. The smallest absolute Gasteiger partial charge is 0.308 e. The van der Waals surface area contributed by atoms with Gasteiger partial charge in [0.25, 0.3) is 5.91 Å². The number of nitrogens with one attached hydrogen (secondary N) is 1. The molecule has 1 aromatic heterocycles. The Bertz CT molecular complexity index is 1180. The lowest BCUT2D eigenvalue weighted by Crippen LogP contribution is -2.47. The van der Waals surface area contributed by atoms with Gasteiger partial charge in [-0.1, -0.05) is 36.4 Å². The first kappa shape index (κ1) is 28.4. The molecule has 4 atom stereocenters. The first-order valence-electron chi connectivity index (χ1n) is 12.0. The minimum atomic E-state index is -1.41. The van der Waals surface area contributed by atoms with Crippen molar-refractivity contribution in [2.24, 2.45) is 0 Å². The van der Waals surface area contributed by atoms with Crippen LogP contribution in [0.5, 0.6) is 23.0 Å². The number of ether oxygens (including phenoxy) is 5. The molecule has 0 fully saturated rings. The molecule has 0 bridgehead atoms. The Morgan fingerprint density at radius 3 is 2.21 bits per heavy atom. The van der Waals surface area contributed by atoms with Crippen molar-refractivity contribution in [2.75, 3.05) is 13.7 Å². The summed E-state index contributed by atoms with van der Waals surface area (Å²) in [6.07, 6.45) is -1.29. The molecule has 0 saturated heterocycles. The van der Waals surface area contributed by atoms with Crippen molar-refractivity contribution in [2.45, 2.75) is 45.3 Å². The molecule has 0 aliphatic rings. The van der Waals surface area contributed by atoms with Crippen LogP contribution >= 0.6 is 0 Å². The summed E-state index contributed by atoms with van der Waals surface area (Å²) in [4.78, 5) is 28.5. The highest BCUT2D eigenvalue weighted by Gasteiger charge is 2.29. The van der Waals surface area contributed by atoms with Gasteiger partial charge in [-0.05, 0) is 38.1 Å². The standard InChI is InChI=1S/C28H32N2O8/c1-18(30-27(32)25-26(37-20(3)31)23(34-4)15-16-29-25)28(33)36-19(2)24(38-22-13-9-6-10-14-22)17-35-21-11-7-5-8-12-21/h5-16,18-19,24,28,33H,17H2,1-4H3,(H,30,32)/t18-,19-,24+,28?/m0/s1. The van der Waals surface area contributed by atoms with E-state index in [1.807, 2.05) is 60.7 Å². The van der Waals surface area contributed by atoms with Crippen molar-refractivity contribution in [1.82, 2.24) is 10.3 Å². The van der Waals surface area contributed by atoms with Crippen molar-refractivity contribution in [3.05, 3.63) is 78.6 Å². The molecule has 2 N–H and O–H groups in total. The van der Waals surface area contributed by atoms with Gasteiger partial charge in [0.2, 0.25) is 5.75 Å². The minimum absolute atomic E-state index is 0.120. The molecular weight excluding hydrogens is 492 g/mol. The minimum Gasteiger partial charge on any atom is -0.493 e. The van der Waals surface area contributed by atoms with Crippen LogP contribution in [0.4, 0.5) is 0 Å². The number of amides is 1. The molecule has 202 valence electrons. The van der Waals surface area contributed by atoms with Gasteiger partial charge < -0.3 is 34.1 Å². The number of aromatic nitrogens is 1. The SMILES string of the molecule is COc1ccnc(C(=O)N[C@@H](C)C(O)O[C@@H](C)[C@@H](COc2ccccc2)Oc2ccccc2)c1OC(C)=O. The van der Waals surface area contributed by atoms with E-state index in [2.05, 4.69) is 10.3 Å².